The number of halogens is 2. The van der Waals surface area contributed by atoms with Crippen molar-refractivity contribution in [2.75, 3.05) is 19.7 Å². The summed E-state index contributed by atoms with van der Waals surface area (Å²) in [5.74, 6) is 0.0681. The average molecular weight is 391 g/mol. The summed E-state index contributed by atoms with van der Waals surface area (Å²) in [6, 6.07) is 4.14. The molecular formula is C19H20ClFN4O2. The molecular weight excluding hydrogens is 371 g/mol. The van der Waals surface area contributed by atoms with E-state index in [2.05, 4.69) is 26.4 Å². The normalized spacial score (nSPS) is 28.7. The van der Waals surface area contributed by atoms with E-state index in [0.29, 0.717) is 5.92 Å². The van der Waals surface area contributed by atoms with Crippen LogP contribution in [0.25, 0.3) is 0 Å². The van der Waals surface area contributed by atoms with E-state index in [1.165, 1.54) is 12.1 Å². The van der Waals surface area contributed by atoms with E-state index in [0.717, 1.165) is 38.0 Å². The molecule has 0 atom stereocenters. The molecule has 1 amide bonds. The first-order valence-corrected chi connectivity index (χ1v) is 9.49. The van der Waals surface area contributed by atoms with Crippen LogP contribution in [0.3, 0.4) is 0 Å². The maximum absolute atomic E-state index is 13.4. The molecule has 27 heavy (non-hydrogen) atoms. The lowest BCUT2D eigenvalue weighted by Gasteiger charge is -2.70. The lowest BCUT2D eigenvalue weighted by molar-refractivity contribution is -0.156. The van der Waals surface area contributed by atoms with Gasteiger partial charge in [0.05, 0.1) is 22.6 Å². The molecule has 8 heteroatoms. The van der Waals surface area contributed by atoms with E-state index < -0.39 is 5.82 Å². The Balaban J connectivity index is 1.13. The first-order chi connectivity index (χ1) is 13.0. The van der Waals surface area contributed by atoms with E-state index in [1.807, 2.05) is 6.33 Å². The highest BCUT2D eigenvalue weighted by atomic mass is 35.5. The lowest BCUT2D eigenvalue weighted by atomic mass is 9.44. The molecule has 1 aliphatic heterocycles. The van der Waals surface area contributed by atoms with Gasteiger partial charge in [0.15, 0.2) is 6.61 Å². The van der Waals surface area contributed by atoms with Gasteiger partial charge >= 0.3 is 0 Å². The van der Waals surface area contributed by atoms with Crippen LogP contribution in [-0.4, -0.2) is 40.7 Å². The molecule has 2 N–H and O–H groups in total. The van der Waals surface area contributed by atoms with Crippen molar-refractivity contribution in [1.82, 2.24) is 20.2 Å². The fraction of sp³-hybridized carbons (Fsp3) is 0.474. The third-order valence-corrected chi connectivity index (χ3v) is 6.32. The Morgan fingerprint density at radius 2 is 2.19 bits per heavy atom. The SMILES string of the molecule is O=C(COc1ccc(Cl)c(F)c1)NC12CC(n3cnc(C4CNC4)c3)(C1)C2. The number of carbonyl (C=O) groups excluding carboxylic acids is 1. The van der Waals surface area contributed by atoms with Crippen molar-refractivity contribution in [3.8, 4) is 5.75 Å². The van der Waals surface area contributed by atoms with Gasteiger partial charge in [-0.25, -0.2) is 9.37 Å². The zero-order chi connectivity index (χ0) is 18.6. The molecule has 142 valence electrons. The average Bonchev–Trinajstić information content (AvgIpc) is 2.98. The van der Waals surface area contributed by atoms with Crippen LogP contribution in [0.2, 0.25) is 5.02 Å². The van der Waals surface area contributed by atoms with Gasteiger partial charge in [0.25, 0.3) is 5.91 Å². The summed E-state index contributed by atoms with van der Waals surface area (Å²) >= 11 is 5.64. The number of carbonyl (C=O) groups is 1. The maximum Gasteiger partial charge on any atom is 0.258 e. The predicted molar refractivity (Wildman–Crippen MR) is 97.4 cm³/mol. The number of imidazole rings is 1. The van der Waals surface area contributed by atoms with Gasteiger partial charge in [0, 0.05) is 36.8 Å². The highest BCUT2D eigenvalue weighted by Crippen LogP contribution is 2.65. The fourth-order valence-electron chi connectivity index (χ4n) is 4.49. The minimum absolute atomic E-state index is 0.0298. The summed E-state index contributed by atoms with van der Waals surface area (Å²) in [6.45, 7) is 1.86. The summed E-state index contributed by atoms with van der Waals surface area (Å²) in [5, 5.41) is 6.37. The van der Waals surface area contributed by atoms with E-state index in [-0.39, 0.29) is 34.4 Å². The van der Waals surface area contributed by atoms with Crippen molar-refractivity contribution in [3.05, 3.63) is 47.3 Å². The molecule has 3 saturated carbocycles. The first-order valence-electron chi connectivity index (χ1n) is 9.11. The molecule has 4 fully saturated rings. The smallest absolute Gasteiger partial charge is 0.258 e. The maximum atomic E-state index is 13.4. The number of rotatable bonds is 6. The van der Waals surface area contributed by atoms with Crippen molar-refractivity contribution in [2.45, 2.75) is 36.3 Å². The zero-order valence-electron chi connectivity index (χ0n) is 14.7. The van der Waals surface area contributed by atoms with Crippen LogP contribution in [0.1, 0.15) is 30.9 Å². The Labute approximate surface area is 161 Å². The quantitative estimate of drug-likeness (QED) is 0.793. The van der Waals surface area contributed by atoms with Crippen LogP contribution in [0.4, 0.5) is 4.39 Å². The van der Waals surface area contributed by atoms with Crippen LogP contribution in [0, 0.1) is 5.82 Å². The second kappa shape index (κ2) is 5.94. The molecule has 0 spiro atoms. The highest BCUT2D eigenvalue weighted by molar-refractivity contribution is 6.30. The molecule has 2 heterocycles. The van der Waals surface area contributed by atoms with E-state index in [9.17, 15) is 9.18 Å². The van der Waals surface area contributed by atoms with Crippen LogP contribution in [0.15, 0.2) is 30.7 Å². The Bertz CT molecular complexity index is 891. The molecule has 1 aromatic heterocycles. The molecule has 1 aromatic carbocycles. The van der Waals surface area contributed by atoms with Gasteiger partial charge in [-0.05, 0) is 31.4 Å². The molecule has 2 aromatic rings. The summed E-state index contributed by atoms with van der Waals surface area (Å²) in [7, 11) is 0. The first kappa shape index (κ1) is 17.0. The van der Waals surface area contributed by atoms with E-state index in [1.54, 1.807) is 6.07 Å². The van der Waals surface area contributed by atoms with Crippen molar-refractivity contribution in [1.29, 1.82) is 0 Å². The van der Waals surface area contributed by atoms with Gasteiger partial charge in [-0.3, -0.25) is 4.79 Å². The van der Waals surface area contributed by atoms with E-state index in [4.69, 9.17) is 16.3 Å². The third kappa shape index (κ3) is 2.80. The van der Waals surface area contributed by atoms with Gasteiger partial charge in [0.1, 0.15) is 11.6 Å². The number of nitrogens with zero attached hydrogens (tertiary/aromatic N) is 2. The van der Waals surface area contributed by atoms with Gasteiger partial charge in [0.2, 0.25) is 0 Å². The summed E-state index contributed by atoms with van der Waals surface area (Å²) in [4.78, 5) is 16.7. The summed E-state index contributed by atoms with van der Waals surface area (Å²) in [5.41, 5.74) is 1.13. The van der Waals surface area contributed by atoms with Crippen molar-refractivity contribution in [2.24, 2.45) is 0 Å². The van der Waals surface area contributed by atoms with Gasteiger partial charge < -0.3 is 19.9 Å². The minimum Gasteiger partial charge on any atom is -0.484 e. The van der Waals surface area contributed by atoms with E-state index >= 15 is 0 Å². The highest BCUT2D eigenvalue weighted by Gasteiger charge is 2.69. The second-order valence-corrected chi connectivity index (χ2v) is 8.42. The number of hydrogen-bond acceptors (Lipinski definition) is 4. The summed E-state index contributed by atoms with van der Waals surface area (Å²) in [6.07, 6.45) is 6.84. The third-order valence-electron chi connectivity index (χ3n) is 6.02. The minimum atomic E-state index is -0.562. The molecule has 3 aliphatic carbocycles. The van der Waals surface area contributed by atoms with Crippen molar-refractivity contribution >= 4 is 17.5 Å². The molecule has 0 radical (unpaired) electrons. The van der Waals surface area contributed by atoms with Crippen LogP contribution in [0.5, 0.6) is 5.75 Å². The van der Waals surface area contributed by atoms with Crippen molar-refractivity contribution < 1.29 is 13.9 Å². The zero-order valence-corrected chi connectivity index (χ0v) is 15.4. The second-order valence-electron chi connectivity index (χ2n) is 8.01. The summed E-state index contributed by atoms with van der Waals surface area (Å²) < 4.78 is 21.0. The number of ether oxygens (including phenoxy) is 1. The molecule has 6 nitrogen and oxygen atoms in total. The largest absolute Gasteiger partial charge is 0.484 e. The Morgan fingerprint density at radius 3 is 2.85 bits per heavy atom. The molecule has 1 saturated heterocycles. The number of amides is 1. The monoisotopic (exact) mass is 390 g/mol. The standard InChI is InChI=1S/C19H20ClFN4O2/c20-14-2-1-13(3-15(14)21)27-7-17(26)24-18-8-19(9-18,10-18)25-6-16(23-11-25)12-4-22-5-12/h1-3,6,11-12,22H,4-5,7-10H2,(H,24,26). The number of aromatic nitrogens is 2. The van der Waals surface area contributed by atoms with Gasteiger partial charge in [-0.2, -0.15) is 0 Å². The van der Waals surface area contributed by atoms with Crippen LogP contribution < -0.4 is 15.4 Å². The van der Waals surface area contributed by atoms with Crippen LogP contribution >= 0.6 is 11.6 Å². The number of benzene rings is 1. The molecule has 2 bridgehead atoms. The molecule has 0 unspecified atom stereocenters. The Kier molecular flexibility index (Phi) is 3.74. The fourth-order valence-corrected chi connectivity index (χ4v) is 4.61. The number of nitrogens with one attached hydrogen (secondary N) is 2. The van der Waals surface area contributed by atoms with Gasteiger partial charge in [-0.1, -0.05) is 11.6 Å². The molecule has 4 aliphatic rings. The number of hydrogen-bond donors (Lipinski definition) is 2. The Morgan fingerprint density at radius 1 is 1.41 bits per heavy atom. The van der Waals surface area contributed by atoms with Crippen LogP contribution in [-0.2, 0) is 10.3 Å². The van der Waals surface area contributed by atoms with Crippen molar-refractivity contribution in [3.63, 3.8) is 0 Å². The van der Waals surface area contributed by atoms with Gasteiger partial charge in [-0.15, -0.1) is 0 Å². The lowest BCUT2D eigenvalue weighted by Crippen LogP contribution is -2.78. The Hall–Kier alpha value is -2.12. The molecule has 6 rings (SSSR count). The predicted octanol–water partition coefficient (Wildman–Crippen LogP) is 2.19. The topological polar surface area (TPSA) is 68.2 Å².